The van der Waals surface area contributed by atoms with Gasteiger partial charge in [0, 0.05) is 20.1 Å². The van der Waals surface area contributed by atoms with Crippen LogP contribution in [0.1, 0.15) is 40.5 Å². The number of methoxy groups -OCH3 is 1. The number of carbonyl (C=O) groups is 1. The maximum Gasteiger partial charge on any atom is 0.407 e. The molecule has 0 bridgehead atoms. The first-order valence-electron chi connectivity index (χ1n) is 8.58. The second-order valence-corrected chi connectivity index (χ2v) is 7.46. The van der Waals surface area contributed by atoms with Crippen molar-refractivity contribution in [3.63, 3.8) is 0 Å². The standard InChI is InChI=1S/C18H31NO5/c1-12(2)8-10-22-17(3,4)15-14(21-6)13(24-16(20)19-5)7-9-18(15)11-23-18/h8,13-15H,7,9-11H2,1-6H3,(H,19,20)/t13-,14-,15-,18+/m1/s1. The molecule has 1 aliphatic heterocycles. The van der Waals surface area contributed by atoms with Crippen molar-refractivity contribution in [1.82, 2.24) is 5.32 Å². The van der Waals surface area contributed by atoms with E-state index in [0.29, 0.717) is 13.2 Å². The summed E-state index contributed by atoms with van der Waals surface area (Å²) in [6.07, 6.45) is 2.63. The molecule has 24 heavy (non-hydrogen) atoms. The number of nitrogens with one attached hydrogen (secondary N) is 1. The van der Waals surface area contributed by atoms with E-state index in [1.54, 1.807) is 14.2 Å². The van der Waals surface area contributed by atoms with Crippen LogP contribution in [-0.2, 0) is 18.9 Å². The Labute approximate surface area is 144 Å². The van der Waals surface area contributed by atoms with Crippen LogP contribution in [0.5, 0.6) is 0 Å². The molecule has 2 rings (SSSR count). The summed E-state index contributed by atoms with van der Waals surface area (Å²) in [6.45, 7) is 9.47. The summed E-state index contributed by atoms with van der Waals surface area (Å²) in [5, 5.41) is 2.51. The minimum Gasteiger partial charge on any atom is -0.443 e. The summed E-state index contributed by atoms with van der Waals surface area (Å²) in [5.74, 6) is -0.0102. The molecule has 0 radical (unpaired) electrons. The Bertz CT molecular complexity index is 480. The molecule has 1 saturated heterocycles. The Morgan fingerprint density at radius 2 is 2.08 bits per heavy atom. The normalized spacial score (nSPS) is 32.3. The summed E-state index contributed by atoms with van der Waals surface area (Å²) in [5.41, 5.74) is 0.530. The van der Waals surface area contributed by atoms with Crippen molar-refractivity contribution < 1.29 is 23.7 Å². The molecular weight excluding hydrogens is 310 g/mol. The largest absolute Gasteiger partial charge is 0.443 e. The fraction of sp³-hybridized carbons (Fsp3) is 0.833. The highest BCUT2D eigenvalue weighted by Gasteiger charge is 2.64. The molecule has 1 spiro atoms. The van der Waals surface area contributed by atoms with Crippen LogP contribution in [0.15, 0.2) is 11.6 Å². The number of hydrogen-bond donors (Lipinski definition) is 1. The summed E-state index contributed by atoms with van der Waals surface area (Å²) in [6, 6.07) is 0. The molecule has 2 fully saturated rings. The zero-order valence-electron chi connectivity index (χ0n) is 15.7. The molecule has 1 N–H and O–H groups in total. The molecule has 6 nitrogen and oxygen atoms in total. The number of epoxide rings is 1. The first-order chi connectivity index (χ1) is 11.3. The van der Waals surface area contributed by atoms with Crippen molar-refractivity contribution in [3.8, 4) is 0 Å². The zero-order valence-corrected chi connectivity index (χ0v) is 15.7. The summed E-state index contributed by atoms with van der Waals surface area (Å²) in [4.78, 5) is 11.7. The van der Waals surface area contributed by atoms with Crippen molar-refractivity contribution in [3.05, 3.63) is 11.6 Å². The molecule has 0 aromatic carbocycles. The highest BCUT2D eigenvalue weighted by molar-refractivity contribution is 5.66. The Balaban J connectivity index is 2.18. The van der Waals surface area contributed by atoms with Crippen LogP contribution in [0.25, 0.3) is 0 Å². The van der Waals surface area contributed by atoms with Gasteiger partial charge in [0.2, 0.25) is 0 Å². The molecule has 1 aliphatic carbocycles. The average Bonchev–Trinajstić information content (AvgIpc) is 3.27. The second-order valence-electron chi connectivity index (χ2n) is 7.46. The van der Waals surface area contributed by atoms with Gasteiger partial charge in [0.1, 0.15) is 12.2 Å². The van der Waals surface area contributed by atoms with Gasteiger partial charge in [-0.05, 0) is 40.5 Å². The molecule has 6 heteroatoms. The molecule has 0 aromatic heterocycles. The lowest BCUT2D eigenvalue weighted by Crippen LogP contribution is -2.58. The highest BCUT2D eigenvalue weighted by atomic mass is 16.6. The lowest BCUT2D eigenvalue weighted by atomic mass is 9.68. The molecule has 2 aliphatic rings. The fourth-order valence-electron chi connectivity index (χ4n) is 3.79. The Kier molecular flexibility index (Phi) is 5.94. The molecule has 1 amide bonds. The van der Waals surface area contributed by atoms with Gasteiger partial charge in [-0.25, -0.2) is 4.79 Å². The lowest BCUT2D eigenvalue weighted by molar-refractivity contribution is -0.172. The molecule has 0 aromatic rings. The number of carbonyl (C=O) groups excluding carboxylic acids is 1. The van der Waals surface area contributed by atoms with Crippen LogP contribution in [0.3, 0.4) is 0 Å². The maximum absolute atomic E-state index is 11.7. The van der Waals surface area contributed by atoms with Gasteiger partial charge in [-0.2, -0.15) is 0 Å². The third-order valence-corrected chi connectivity index (χ3v) is 5.06. The molecule has 1 heterocycles. The van der Waals surface area contributed by atoms with Crippen molar-refractivity contribution in [2.45, 2.75) is 63.9 Å². The third kappa shape index (κ3) is 4.10. The predicted molar refractivity (Wildman–Crippen MR) is 91.0 cm³/mol. The van der Waals surface area contributed by atoms with Crippen LogP contribution in [0, 0.1) is 5.92 Å². The van der Waals surface area contributed by atoms with Gasteiger partial charge in [-0.3, -0.25) is 0 Å². The summed E-state index contributed by atoms with van der Waals surface area (Å²) >= 11 is 0. The third-order valence-electron chi connectivity index (χ3n) is 5.06. The van der Waals surface area contributed by atoms with E-state index >= 15 is 0 Å². The number of hydrogen-bond acceptors (Lipinski definition) is 5. The monoisotopic (exact) mass is 341 g/mol. The van der Waals surface area contributed by atoms with Gasteiger partial charge in [0.15, 0.2) is 0 Å². The zero-order chi connectivity index (χ0) is 18.0. The van der Waals surface area contributed by atoms with Crippen molar-refractivity contribution in [2.24, 2.45) is 5.92 Å². The number of alkyl carbamates (subject to hydrolysis) is 1. The Morgan fingerprint density at radius 3 is 2.58 bits per heavy atom. The Morgan fingerprint density at radius 1 is 1.42 bits per heavy atom. The van der Waals surface area contributed by atoms with Gasteiger partial charge in [-0.15, -0.1) is 0 Å². The number of ether oxygens (including phenoxy) is 4. The first kappa shape index (κ1) is 19.2. The minimum absolute atomic E-state index is 0.0102. The van der Waals surface area contributed by atoms with E-state index in [1.165, 1.54) is 5.57 Å². The Hall–Kier alpha value is -1.11. The van der Waals surface area contributed by atoms with Crippen LogP contribution in [0.2, 0.25) is 0 Å². The van der Waals surface area contributed by atoms with Gasteiger partial charge < -0.3 is 24.3 Å². The van der Waals surface area contributed by atoms with Crippen LogP contribution in [-0.4, -0.2) is 56.9 Å². The van der Waals surface area contributed by atoms with E-state index in [-0.39, 0.29) is 23.7 Å². The molecule has 4 atom stereocenters. The van der Waals surface area contributed by atoms with E-state index in [0.717, 1.165) is 12.8 Å². The quantitative estimate of drug-likeness (QED) is 0.594. The van der Waals surface area contributed by atoms with Gasteiger partial charge in [-0.1, -0.05) is 11.6 Å². The molecule has 138 valence electrons. The maximum atomic E-state index is 11.7. The molecule has 1 saturated carbocycles. The van der Waals surface area contributed by atoms with Crippen LogP contribution < -0.4 is 5.32 Å². The van der Waals surface area contributed by atoms with Crippen LogP contribution >= 0.6 is 0 Å². The van der Waals surface area contributed by atoms with E-state index in [9.17, 15) is 4.79 Å². The molecular formula is C18H31NO5. The van der Waals surface area contributed by atoms with Gasteiger partial charge >= 0.3 is 6.09 Å². The summed E-state index contributed by atoms with van der Waals surface area (Å²) < 4.78 is 23.3. The fourth-order valence-corrected chi connectivity index (χ4v) is 3.79. The van der Waals surface area contributed by atoms with E-state index in [2.05, 4.69) is 25.2 Å². The SMILES string of the molecule is CNC(=O)O[C@@H]1CC[C@]2(CO2)[C@@H](C(C)(C)OCC=C(C)C)[C@@H]1OC. The number of allylic oxidation sites excluding steroid dienone is 1. The van der Waals surface area contributed by atoms with Crippen molar-refractivity contribution in [1.29, 1.82) is 0 Å². The van der Waals surface area contributed by atoms with E-state index in [4.69, 9.17) is 18.9 Å². The predicted octanol–water partition coefficient (Wildman–Crippen LogP) is 2.67. The van der Waals surface area contributed by atoms with Crippen LogP contribution in [0.4, 0.5) is 4.79 Å². The van der Waals surface area contributed by atoms with E-state index < -0.39 is 11.7 Å². The summed E-state index contributed by atoms with van der Waals surface area (Å²) in [7, 11) is 3.22. The number of amides is 1. The second kappa shape index (κ2) is 7.42. The topological polar surface area (TPSA) is 69.3 Å². The van der Waals surface area contributed by atoms with Crippen molar-refractivity contribution >= 4 is 6.09 Å². The smallest absolute Gasteiger partial charge is 0.407 e. The lowest BCUT2D eigenvalue weighted by Gasteiger charge is -2.47. The number of rotatable bonds is 6. The highest BCUT2D eigenvalue weighted by Crippen LogP contribution is 2.52. The first-order valence-corrected chi connectivity index (χ1v) is 8.58. The average molecular weight is 341 g/mol. The van der Waals surface area contributed by atoms with Crippen molar-refractivity contribution in [2.75, 3.05) is 27.4 Å². The van der Waals surface area contributed by atoms with Gasteiger partial charge in [0.25, 0.3) is 0 Å². The van der Waals surface area contributed by atoms with Gasteiger partial charge in [0.05, 0.1) is 24.4 Å². The molecule has 0 unspecified atom stereocenters. The van der Waals surface area contributed by atoms with E-state index in [1.807, 2.05) is 13.8 Å². The minimum atomic E-state index is -0.464.